The quantitative estimate of drug-likeness (QED) is 0.792. The van der Waals surface area contributed by atoms with E-state index in [4.69, 9.17) is 4.74 Å². The molecule has 0 fully saturated rings. The Morgan fingerprint density at radius 2 is 2.17 bits per heavy atom. The second kappa shape index (κ2) is 6.13. The average Bonchev–Trinajstić information content (AvgIpc) is 3.25. The third kappa shape index (κ3) is 2.59. The number of carbonyl (C=O) groups is 1. The first-order valence-electron chi connectivity index (χ1n) is 7.77. The number of thiophene rings is 1. The molecule has 0 aliphatic carbocycles. The lowest BCUT2D eigenvalue weighted by Crippen LogP contribution is -2.25. The van der Waals surface area contributed by atoms with Crippen LogP contribution in [0, 0.1) is 0 Å². The zero-order chi connectivity index (χ0) is 16.5. The average molecular weight is 339 g/mol. The van der Waals surface area contributed by atoms with Gasteiger partial charge < -0.3 is 10.1 Å². The summed E-state index contributed by atoms with van der Waals surface area (Å²) >= 11 is 1.68. The number of nitrogens with one attached hydrogen (secondary N) is 1. The molecule has 2 aromatic heterocycles. The third-order valence-electron chi connectivity index (χ3n) is 4.29. The Morgan fingerprint density at radius 1 is 1.29 bits per heavy atom. The first kappa shape index (κ1) is 15.0. The van der Waals surface area contributed by atoms with Crippen LogP contribution >= 0.6 is 11.3 Å². The molecular formula is C18H17N3O2S. The van der Waals surface area contributed by atoms with E-state index in [0.29, 0.717) is 13.0 Å². The number of aromatic nitrogens is 2. The number of fused-ring (bicyclic) bond motifs is 1. The maximum Gasteiger partial charge on any atom is 0.226 e. The Bertz CT molecular complexity index is 870. The molecule has 24 heavy (non-hydrogen) atoms. The Balaban J connectivity index is 1.75. The van der Waals surface area contributed by atoms with E-state index in [1.807, 2.05) is 46.6 Å². The van der Waals surface area contributed by atoms with Crippen molar-refractivity contribution in [1.82, 2.24) is 9.78 Å². The highest BCUT2D eigenvalue weighted by molar-refractivity contribution is 7.09. The van der Waals surface area contributed by atoms with Gasteiger partial charge in [0.2, 0.25) is 5.91 Å². The van der Waals surface area contributed by atoms with Crippen LogP contribution in [0.5, 0.6) is 5.75 Å². The van der Waals surface area contributed by atoms with Crippen molar-refractivity contribution in [3.63, 3.8) is 0 Å². The summed E-state index contributed by atoms with van der Waals surface area (Å²) in [6.45, 7) is 0.659. The minimum Gasteiger partial charge on any atom is -0.496 e. The summed E-state index contributed by atoms with van der Waals surface area (Å²) in [5.74, 6) is 1.55. The highest BCUT2D eigenvalue weighted by atomic mass is 32.1. The van der Waals surface area contributed by atoms with Crippen molar-refractivity contribution in [2.24, 2.45) is 0 Å². The lowest BCUT2D eigenvalue weighted by molar-refractivity contribution is -0.116. The van der Waals surface area contributed by atoms with Gasteiger partial charge in [-0.05, 0) is 17.5 Å². The number of hydrogen-bond donors (Lipinski definition) is 1. The second-order valence-electron chi connectivity index (χ2n) is 5.73. The first-order valence-corrected chi connectivity index (χ1v) is 8.65. The Morgan fingerprint density at radius 3 is 2.96 bits per heavy atom. The minimum absolute atomic E-state index is 0.00587. The fourth-order valence-corrected chi connectivity index (χ4v) is 3.86. The molecule has 1 amide bonds. The third-order valence-corrected chi connectivity index (χ3v) is 5.15. The van der Waals surface area contributed by atoms with Gasteiger partial charge in [-0.25, -0.2) is 4.68 Å². The highest BCUT2D eigenvalue weighted by Crippen LogP contribution is 2.40. The van der Waals surface area contributed by atoms with E-state index < -0.39 is 0 Å². The molecule has 6 heteroatoms. The number of para-hydroxylation sites is 1. The second-order valence-corrected chi connectivity index (χ2v) is 6.76. The maximum atomic E-state index is 12.3. The van der Waals surface area contributed by atoms with Crippen molar-refractivity contribution in [2.75, 3.05) is 12.4 Å². The number of benzene rings is 1. The van der Waals surface area contributed by atoms with Gasteiger partial charge in [0.15, 0.2) is 0 Å². The van der Waals surface area contributed by atoms with Crippen LogP contribution in [0.25, 0.3) is 0 Å². The predicted molar refractivity (Wildman–Crippen MR) is 93.7 cm³/mol. The van der Waals surface area contributed by atoms with Crippen LogP contribution in [0.1, 0.15) is 28.3 Å². The van der Waals surface area contributed by atoms with Crippen molar-refractivity contribution in [1.29, 1.82) is 0 Å². The molecule has 0 radical (unpaired) electrons. The van der Waals surface area contributed by atoms with Crippen molar-refractivity contribution in [3.8, 4) is 5.75 Å². The van der Waals surface area contributed by atoms with Crippen molar-refractivity contribution >= 4 is 23.1 Å². The van der Waals surface area contributed by atoms with Crippen molar-refractivity contribution < 1.29 is 9.53 Å². The molecule has 4 rings (SSSR count). The number of methoxy groups -OCH3 is 1. The zero-order valence-corrected chi connectivity index (χ0v) is 14.0. The number of anilines is 1. The summed E-state index contributed by atoms with van der Waals surface area (Å²) in [6, 6.07) is 11.9. The van der Waals surface area contributed by atoms with E-state index in [1.165, 1.54) is 4.88 Å². The monoisotopic (exact) mass is 339 g/mol. The number of carbonyl (C=O) groups excluding carboxylic acids is 1. The van der Waals surface area contributed by atoms with Crippen molar-refractivity contribution in [2.45, 2.75) is 18.9 Å². The van der Waals surface area contributed by atoms with Crippen LogP contribution in [0.15, 0.2) is 48.0 Å². The highest BCUT2D eigenvalue weighted by Gasteiger charge is 2.31. The Kier molecular flexibility index (Phi) is 3.82. The van der Waals surface area contributed by atoms with Gasteiger partial charge in [0.25, 0.3) is 0 Å². The van der Waals surface area contributed by atoms with Crippen LogP contribution in [-0.4, -0.2) is 22.8 Å². The van der Waals surface area contributed by atoms with Crippen LogP contribution < -0.4 is 10.1 Å². The molecule has 3 heterocycles. The summed E-state index contributed by atoms with van der Waals surface area (Å²) < 4.78 is 7.35. The smallest absolute Gasteiger partial charge is 0.226 e. The van der Waals surface area contributed by atoms with E-state index in [9.17, 15) is 4.79 Å². The standard InChI is InChI=1S/C18H17N3O2S/c1-23-16-7-3-2-6-13(16)14-9-17(22)20-18-15(14)10-19-21(18)11-12-5-4-8-24-12/h2-8,10,14H,9,11H2,1H3,(H,20,22). The van der Waals surface area contributed by atoms with Gasteiger partial charge in [-0.15, -0.1) is 11.3 Å². The zero-order valence-electron chi connectivity index (χ0n) is 13.2. The Labute approximate surface area is 143 Å². The summed E-state index contributed by atoms with van der Waals surface area (Å²) in [6.07, 6.45) is 2.26. The number of nitrogens with zero attached hydrogens (tertiary/aromatic N) is 2. The molecule has 5 nitrogen and oxygen atoms in total. The maximum absolute atomic E-state index is 12.3. The minimum atomic E-state index is -0.0398. The van der Waals surface area contributed by atoms with Crippen LogP contribution in [0.2, 0.25) is 0 Å². The largest absolute Gasteiger partial charge is 0.496 e. The molecule has 3 aromatic rings. The number of ether oxygens (including phenoxy) is 1. The summed E-state index contributed by atoms with van der Waals surface area (Å²) in [7, 11) is 1.66. The number of rotatable bonds is 4. The van der Waals surface area contributed by atoms with E-state index in [0.717, 1.165) is 22.7 Å². The molecule has 1 aliphatic heterocycles. The molecule has 1 N–H and O–H groups in total. The fraction of sp³-hybridized carbons (Fsp3) is 0.222. The molecule has 0 bridgehead atoms. The molecule has 0 spiro atoms. The van der Waals surface area contributed by atoms with Crippen LogP contribution in [0.3, 0.4) is 0 Å². The topological polar surface area (TPSA) is 56.1 Å². The molecule has 1 aromatic carbocycles. The molecule has 0 saturated carbocycles. The lowest BCUT2D eigenvalue weighted by Gasteiger charge is -2.25. The van der Waals surface area contributed by atoms with E-state index in [1.54, 1.807) is 18.4 Å². The molecule has 1 aliphatic rings. The predicted octanol–water partition coefficient (Wildman–Crippen LogP) is 3.48. The van der Waals surface area contributed by atoms with Crippen LogP contribution in [0.4, 0.5) is 5.82 Å². The van der Waals surface area contributed by atoms with Crippen LogP contribution in [-0.2, 0) is 11.3 Å². The van der Waals surface area contributed by atoms with E-state index in [-0.39, 0.29) is 11.8 Å². The molecule has 1 unspecified atom stereocenters. The SMILES string of the molecule is COc1ccccc1C1CC(=O)Nc2c1cnn2Cc1cccs1. The summed E-state index contributed by atoms with van der Waals surface area (Å²) in [5.41, 5.74) is 2.06. The van der Waals surface area contributed by atoms with E-state index >= 15 is 0 Å². The Hall–Kier alpha value is -2.60. The molecule has 1 atom stereocenters. The number of hydrogen-bond acceptors (Lipinski definition) is 4. The summed E-state index contributed by atoms with van der Waals surface area (Å²) in [5, 5.41) is 9.53. The molecule has 122 valence electrons. The lowest BCUT2D eigenvalue weighted by atomic mass is 9.87. The van der Waals surface area contributed by atoms with Gasteiger partial charge in [0, 0.05) is 28.3 Å². The van der Waals surface area contributed by atoms with Gasteiger partial charge in [0.05, 0.1) is 19.9 Å². The van der Waals surface area contributed by atoms with Gasteiger partial charge in [-0.2, -0.15) is 5.10 Å². The van der Waals surface area contributed by atoms with Crippen molar-refractivity contribution in [3.05, 3.63) is 64.0 Å². The molecule has 0 saturated heterocycles. The van der Waals surface area contributed by atoms with Gasteiger partial charge in [-0.3, -0.25) is 4.79 Å². The number of amides is 1. The summed E-state index contributed by atoms with van der Waals surface area (Å²) in [4.78, 5) is 13.5. The normalized spacial score (nSPS) is 16.5. The van der Waals surface area contributed by atoms with E-state index in [2.05, 4.69) is 16.5 Å². The van der Waals surface area contributed by atoms with Gasteiger partial charge in [0.1, 0.15) is 11.6 Å². The molecular weight excluding hydrogens is 322 g/mol. The van der Waals surface area contributed by atoms with Gasteiger partial charge in [-0.1, -0.05) is 24.3 Å². The van der Waals surface area contributed by atoms with Gasteiger partial charge >= 0.3 is 0 Å². The first-order chi connectivity index (χ1) is 11.8. The fourth-order valence-electron chi connectivity index (χ4n) is 3.17.